The first kappa shape index (κ1) is 18.5. The Balaban J connectivity index is 1.73. The molecule has 0 N–H and O–H groups in total. The van der Waals surface area contributed by atoms with Crippen molar-refractivity contribution in [1.82, 2.24) is 9.88 Å². The maximum absolute atomic E-state index is 13.6. The lowest BCUT2D eigenvalue weighted by Gasteiger charge is -2.22. The van der Waals surface area contributed by atoms with Gasteiger partial charge in [-0.05, 0) is 55.2 Å². The highest BCUT2D eigenvalue weighted by atomic mass is 32.1. The van der Waals surface area contributed by atoms with Crippen LogP contribution in [0.3, 0.4) is 0 Å². The highest BCUT2D eigenvalue weighted by Crippen LogP contribution is 2.30. The first-order valence-electron chi connectivity index (χ1n) is 9.03. The number of hydrogen-bond acceptors (Lipinski definition) is 4. The van der Waals surface area contributed by atoms with Crippen LogP contribution in [0.25, 0.3) is 21.0 Å². The number of carbonyl (C=O) groups excluding carboxylic acids is 1. The molecule has 142 valence electrons. The molecule has 1 aromatic heterocycles. The summed E-state index contributed by atoms with van der Waals surface area (Å²) in [5.74, 6) is -0.407. The van der Waals surface area contributed by atoms with E-state index in [1.54, 1.807) is 11.0 Å². The standard InChI is InChI=1S/C22H20FN3OS/c1-25(2)11-12-26(22-24-19-10-9-18(23)14-20(19)28-22)21(27)17-8-7-15-5-3-4-6-16(15)13-17/h3-10,13-14H,11-12H2,1-2H3. The molecule has 3 aromatic carbocycles. The zero-order valence-corrected chi connectivity index (χ0v) is 16.5. The molecule has 0 fully saturated rings. The summed E-state index contributed by atoms with van der Waals surface area (Å²) >= 11 is 1.33. The van der Waals surface area contributed by atoms with Crippen molar-refractivity contribution in [3.05, 3.63) is 72.0 Å². The molecule has 0 saturated carbocycles. The van der Waals surface area contributed by atoms with Crippen molar-refractivity contribution in [1.29, 1.82) is 0 Å². The summed E-state index contributed by atoms with van der Waals surface area (Å²) in [5, 5.41) is 2.70. The van der Waals surface area contributed by atoms with Crippen LogP contribution in [0.2, 0.25) is 0 Å². The number of likely N-dealkylation sites (N-methyl/N-ethyl adjacent to an activating group) is 1. The summed E-state index contributed by atoms with van der Waals surface area (Å²) in [6, 6.07) is 18.2. The van der Waals surface area contributed by atoms with Gasteiger partial charge in [0.2, 0.25) is 0 Å². The largest absolute Gasteiger partial charge is 0.308 e. The number of hydrogen-bond donors (Lipinski definition) is 0. The van der Waals surface area contributed by atoms with Gasteiger partial charge in [-0.3, -0.25) is 9.69 Å². The molecule has 0 spiro atoms. The molecular formula is C22H20FN3OS. The van der Waals surface area contributed by atoms with E-state index in [-0.39, 0.29) is 11.7 Å². The second-order valence-corrected chi connectivity index (χ2v) is 7.94. The summed E-state index contributed by atoms with van der Waals surface area (Å²) in [6.45, 7) is 1.20. The minimum Gasteiger partial charge on any atom is -0.308 e. The van der Waals surface area contributed by atoms with Crippen molar-refractivity contribution < 1.29 is 9.18 Å². The molecule has 4 aromatic rings. The molecule has 0 atom stereocenters. The summed E-state index contributed by atoms with van der Waals surface area (Å²) in [5.41, 5.74) is 1.31. The average molecular weight is 393 g/mol. The van der Waals surface area contributed by atoms with Gasteiger partial charge >= 0.3 is 0 Å². The number of benzene rings is 3. The molecule has 0 aliphatic rings. The first-order valence-corrected chi connectivity index (χ1v) is 9.84. The van der Waals surface area contributed by atoms with E-state index in [9.17, 15) is 9.18 Å². The fraction of sp³-hybridized carbons (Fsp3) is 0.182. The smallest absolute Gasteiger partial charge is 0.260 e. The molecule has 0 saturated heterocycles. The fourth-order valence-electron chi connectivity index (χ4n) is 3.06. The van der Waals surface area contributed by atoms with Gasteiger partial charge in [0.1, 0.15) is 5.82 Å². The van der Waals surface area contributed by atoms with Crippen LogP contribution < -0.4 is 4.90 Å². The van der Waals surface area contributed by atoms with Gasteiger partial charge in [-0.1, -0.05) is 41.7 Å². The fourth-order valence-corrected chi connectivity index (χ4v) is 4.08. The molecule has 0 unspecified atom stereocenters. The summed E-state index contributed by atoms with van der Waals surface area (Å²) < 4.78 is 14.3. The van der Waals surface area contributed by atoms with E-state index in [0.29, 0.717) is 29.3 Å². The van der Waals surface area contributed by atoms with Gasteiger partial charge in [0.25, 0.3) is 5.91 Å². The zero-order chi connectivity index (χ0) is 19.7. The number of rotatable bonds is 5. The number of thiazole rings is 1. The highest BCUT2D eigenvalue weighted by Gasteiger charge is 2.21. The van der Waals surface area contributed by atoms with Gasteiger partial charge in [0.05, 0.1) is 10.2 Å². The van der Waals surface area contributed by atoms with Gasteiger partial charge in [0.15, 0.2) is 5.13 Å². The third-order valence-electron chi connectivity index (χ3n) is 4.58. The SMILES string of the molecule is CN(C)CCN(C(=O)c1ccc2ccccc2c1)c1nc2ccc(F)cc2s1. The van der Waals surface area contributed by atoms with E-state index >= 15 is 0 Å². The Labute approximate surface area is 166 Å². The molecule has 4 rings (SSSR count). The molecule has 4 nitrogen and oxygen atoms in total. The quantitative estimate of drug-likeness (QED) is 0.489. The number of amides is 1. The molecule has 0 bridgehead atoms. The van der Waals surface area contributed by atoms with Crippen molar-refractivity contribution in [3.8, 4) is 0 Å². The van der Waals surface area contributed by atoms with Gasteiger partial charge < -0.3 is 4.90 Å². The minimum atomic E-state index is -0.302. The Hall–Kier alpha value is -2.83. The normalized spacial score (nSPS) is 11.4. The van der Waals surface area contributed by atoms with Gasteiger partial charge in [-0.25, -0.2) is 9.37 Å². The second kappa shape index (κ2) is 7.66. The predicted octanol–water partition coefficient (Wildman–Crippen LogP) is 4.80. The number of nitrogens with zero attached hydrogens (tertiary/aromatic N) is 3. The van der Waals surface area contributed by atoms with Crippen LogP contribution in [0.5, 0.6) is 0 Å². The van der Waals surface area contributed by atoms with E-state index in [1.165, 1.54) is 23.5 Å². The van der Waals surface area contributed by atoms with Crippen molar-refractivity contribution in [2.75, 3.05) is 32.1 Å². The van der Waals surface area contributed by atoms with E-state index in [1.807, 2.05) is 61.5 Å². The maximum Gasteiger partial charge on any atom is 0.260 e. The molecule has 0 aliphatic carbocycles. The van der Waals surface area contributed by atoms with E-state index in [0.717, 1.165) is 15.5 Å². The van der Waals surface area contributed by atoms with Crippen molar-refractivity contribution in [2.24, 2.45) is 0 Å². The molecule has 0 radical (unpaired) electrons. The van der Waals surface area contributed by atoms with E-state index in [2.05, 4.69) is 4.98 Å². The van der Waals surface area contributed by atoms with Crippen LogP contribution in [0, 0.1) is 5.82 Å². The molecular weight excluding hydrogens is 373 g/mol. The Morgan fingerprint density at radius 2 is 1.79 bits per heavy atom. The molecule has 6 heteroatoms. The lowest BCUT2D eigenvalue weighted by molar-refractivity contribution is 0.0985. The molecule has 1 amide bonds. The minimum absolute atomic E-state index is 0.105. The number of carbonyl (C=O) groups is 1. The summed E-state index contributed by atoms with van der Waals surface area (Å²) in [4.78, 5) is 21.6. The highest BCUT2D eigenvalue weighted by molar-refractivity contribution is 7.22. The van der Waals surface area contributed by atoms with Crippen LogP contribution >= 0.6 is 11.3 Å². The monoisotopic (exact) mass is 393 g/mol. The lowest BCUT2D eigenvalue weighted by Crippen LogP contribution is -2.36. The number of halogens is 1. The Kier molecular flexibility index (Phi) is 5.07. The maximum atomic E-state index is 13.6. The number of aromatic nitrogens is 1. The second-order valence-electron chi connectivity index (χ2n) is 6.93. The van der Waals surface area contributed by atoms with Crippen LogP contribution in [0.15, 0.2) is 60.7 Å². The first-order chi connectivity index (χ1) is 13.5. The number of anilines is 1. The van der Waals surface area contributed by atoms with Crippen LogP contribution in [-0.4, -0.2) is 43.0 Å². The van der Waals surface area contributed by atoms with Crippen molar-refractivity contribution in [2.45, 2.75) is 0 Å². The molecule has 0 aliphatic heterocycles. The predicted molar refractivity (Wildman–Crippen MR) is 114 cm³/mol. The Bertz CT molecular complexity index is 1150. The van der Waals surface area contributed by atoms with E-state index in [4.69, 9.17) is 0 Å². The average Bonchev–Trinajstić information content (AvgIpc) is 3.10. The van der Waals surface area contributed by atoms with Crippen LogP contribution in [0.4, 0.5) is 9.52 Å². The third kappa shape index (κ3) is 3.74. The van der Waals surface area contributed by atoms with E-state index < -0.39 is 0 Å². The van der Waals surface area contributed by atoms with Crippen molar-refractivity contribution in [3.63, 3.8) is 0 Å². The summed E-state index contributed by atoms with van der Waals surface area (Å²) in [6.07, 6.45) is 0. The Morgan fingerprint density at radius 1 is 1.00 bits per heavy atom. The summed E-state index contributed by atoms with van der Waals surface area (Å²) in [7, 11) is 3.93. The number of fused-ring (bicyclic) bond motifs is 2. The Morgan fingerprint density at radius 3 is 2.57 bits per heavy atom. The lowest BCUT2D eigenvalue weighted by atomic mass is 10.1. The zero-order valence-electron chi connectivity index (χ0n) is 15.7. The molecule has 28 heavy (non-hydrogen) atoms. The van der Waals surface area contributed by atoms with Gasteiger partial charge in [0, 0.05) is 18.7 Å². The van der Waals surface area contributed by atoms with Crippen LogP contribution in [-0.2, 0) is 0 Å². The third-order valence-corrected chi connectivity index (χ3v) is 5.62. The van der Waals surface area contributed by atoms with Gasteiger partial charge in [-0.15, -0.1) is 0 Å². The van der Waals surface area contributed by atoms with Crippen LogP contribution in [0.1, 0.15) is 10.4 Å². The van der Waals surface area contributed by atoms with Crippen molar-refractivity contribution >= 4 is 43.4 Å². The molecule has 1 heterocycles. The topological polar surface area (TPSA) is 36.4 Å². The van der Waals surface area contributed by atoms with Gasteiger partial charge in [-0.2, -0.15) is 0 Å².